The Morgan fingerprint density at radius 2 is 1.85 bits per heavy atom. The summed E-state index contributed by atoms with van der Waals surface area (Å²) in [6.07, 6.45) is 3.90. The number of nitrogens with zero attached hydrogens (tertiary/aromatic N) is 3. The predicted octanol–water partition coefficient (Wildman–Crippen LogP) is 1.57. The molecule has 1 aromatic carbocycles. The van der Waals surface area contributed by atoms with Crippen molar-refractivity contribution in [1.29, 1.82) is 0 Å². The third-order valence-corrected chi connectivity index (χ3v) is 5.60. The minimum Gasteiger partial charge on any atom is -0.493 e. The average molecular weight is 378 g/mol. The van der Waals surface area contributed by atoms with Gasteiger partial charge in [0, 0.05) is 25.4 Å². The van der Waals surface area contributed by atoms with Crippen LogP contribution in [0.25, 0.3) is 0 Å². The summed E-state index contributed by atoms with van der Waals surface area (Å²) in [6, 6.07) is 6.16. The van der Waals surface area contributed by atoms with E-state index in [1.165, 1.54) is 26.4 Å². The molecular weight excluding hydrogens is 356 g/mol. The van der Waals surface area contributed by atoms with Crippen molar-refractivity contribution in [3.05, 3.63) is 36.2 Å². The summed E-state index contributed by atoms with van der Waals surface area (Å²) in [7, 11) is -0.749. The van der Waals surface area contributed by atoms with Crippen LogP contribution in [0.4, 0.5) is 5.95 Å². The van der Waals surface area contributed by atoms with Gasteiger partial charge in [0.2, 0.25) is 16.0 Å². The van der Waals surface area contributed by atoms with Crippen LogP contribution in [0.5, 0.6) is 11.5 Å². The molecule has 0 spiro atoms. The molecule has 26 heavy (non-hydrogen) atoms. The molecule has 140 valence electrons. The maximum absolute atomic E-state index is 12.6. The van der Waals surface area contributed by atoms with Crippen LogP contribution in [0.15, 0.2) is 35.4 Å². The van der Waals surface area contributed by atoms with Gasteiger partial charge >= 0.3 is 0 Å². The van der Waals surface area contributed by atoms with Gasteiger partial charge in [-0.2, -0.15) is 0 Å². The van der Waals surface area contributed by atoms with E-state index in [-0.39, 0.29) is 11.4 Å². The zero-order chi connectivity index (χ0) is 18.6. The number of anilines is 1. The van der Waals surface area contributed by atoms with Crippen LogP contribution >= 0.6 is 0 Å². The predicted molar refractivity (Wildman–Crippen MR) is 97.1 cm³/mol. The maximum Gasteiger partial charge on any atom is 0.241 e. The molecule has 1 fully saturated rings. The molecule has 0 saturated carbocycles. The molecule has 0 amide bonds. The van der Waals surface area contributed by atoms with Gasteiger partial charge in [0.05, 0.1) is 31.4 Å². The second kappa shape index (κ2) is 7.88. The normalized spacial score (nSPS) is 14.5. The molecule has 0 aliphatic carbocycles. The van der Waals surface area contributed by atoms with Gasteiger partial charge in [-0.25, -0.2) is 23.1 Å². The highest BCUT2D eigenvalue weighted by Gasteiger charge is 2.18. The number of hydrogen-bond acceptors (Lipinski definition) is 7. The highest BCUT2D eigenvalue weighted by Crippen LogP contribution is 2.29. The second-order valence-corrected chi connectivity index (χ2v) is 7.65. The van der Waals surface area contributed by atoms with Gasteiger partial charge < -0.3 is 14.4 Å². The smallest absolute Gasteiger partial charge is 0.241 e. The van der Waals surface area contributed by atoms with E-state index in [9.17, 15) is 8.42 Å². The topological polar surface area (TPSA) is 93.7 Å². The number of methoxy groups -OCH3 is 2. The largest absolute Gasteiger partial charge is 0.493 e. The molecule has 9 heteroatoms. The lowest BCUT2D eigenvalue weighted by Crippen LogP contribution is -2.25. The van der Waals surface area contributed by atoms with E-state index in [4.69, 9.17) is 9.47 Å². The van der Waals surface area contributed by atoms with E-state index >= 15 is 0 Å². The lowest BCUT2D eigenvalue weighted by atomic mass is 10.3. The van der Waals surface area contributed by atoms with Crippen LogP contribution in [0.1, 0.15) is 18.5 Å². The summed E-state index contributed by atoms with van der Waals surface area (Å²) >= 11 is 0. The van der Waals surface area contributed by atoms with Crippen LogP contribution in [-0.2, 0) is 16.6 Å². The van der Waals surface area contributed by atoms with Crippen molar-refractivity contribution in [2.75, 3.05) is 32.2 Å². The van der Waals surface area contributed by atoms with Crippen molar-refractivity contribution in [3.63, 3.8) is 0 Å². The van der Waals surface area contributed by atoms with Crippen molar-refractivity contribution >= 4 is 16.0 Å². The Morgan fingerprint density at radius 1 is 1.12 bits per heavy atom. The summed E-state index contributed by atoms with van der Waals surface area (Å²) in [5.41, 5.74) is 0.617. The monoisotopic (exact) mass is 378 g/mol. The molecule has 1 N–H and O–H groups in total. The summed E-state index contributed by atoms with van der Waals surface area (Å²) in [5.74, 6) is 1.47. The molecule has 2 heterocycles. The number of sulfonamides is 1. The van der Waals surface area contributed by atoms with Crippen molar-refractivity contribution in [3.8, 4) is 11.5 Å². The van der Waals surface area contributed by atoms with Crippen molar-refractivity contribution in [2.45, 2.75) is 24.3 Å². The summed E-state index contributed by atoms with van der Waals surface area (Å²) in [4.78, 5) is 10.9. The fourth-order valence-electron chi connectivity index (χ4n) is 2.79. The van der Waals surface area contributed by atoms with Crippen LogP contribution in [0.2, 0.25) is 0 Å². The maximum atomic E-state index is 12.6. The van der Waals surface area contributed by atoms with Crippen LogP contribution in [0, 0.1) is 0 Å². The minimum absolute atomic E-state index is 0.0834. The first kappa shape index (κ1) is 18.4. The summed E-state index contributed by atoms with van der Waals surface area (Å²) in [5, 5.41) is 0. The number of aromatic nitrogens is 2. The first-order chi connectivity index (χ1) is 12.5. The highest BCUT2D eigenvalue weighted by atomic mass is 32.2. The van der Waals surface area contributed by atoms with Gasteiger partial charge in [-0.1, -0.05) is 0 Å². The van der Waals surface area contributed by atoms with Crippen molar-refractivity contribution in [1.82, 2.24) is 14.7 Å². The Hall–Kier alpha value is -2.39. The van der Waals surface area contributed by atoms with Gasteiger partial charge in [0.15, 0.2) is 11.5 Å². The lowest BCUT2D eigenvalue weighted by molar-refractivity contribution is 0.354. The molecule has 1 aliphatic heterocycles. The van der Waals surface area contributed by atoms with Gasteiger partial charge in [-0.15, -0.1) is 0 Å². The van der Waals surface area contributed by atoms with E-state index in [0.717, 1.165) is 25.9 Å². The first-order valence-electron chi connectivity index (χ1n) is 8.32. The van der Waals surface area contributed by atoms with Crippen molar-refractivity contribution < 1.29 is 17.9 Å². The average Bonchev–Trinajstić information content (AvgIpc) is 3.21. The second-order valence-electron chi connectivity index (χ2n) is 5.88. The Bertz CT molecular complexity index is 867. The number of benzene rings is 1. The third kappa shape index (κ3) is 4.05. The van der Waals surface area contributed by atoms with E-state index in [0.29, 0.717) is 23.1 Å². The number of ether oxygens (including phenoxy) is 2. The summed E-state index contributed by atoms with van der Waals surface area (Å²) in [6.45, 7) is 1.95. The number of nitrogens with one attached hydrogen (secondary N) is 1. The Morgan fingerprint density at radius 3 is 2.54 bits per heavy atom. The van der Waals surface area contributed by atoms with Crippen molar-refractivity contribution in [2.24, 2.45) is 0 Å². The summed E-state index contributed by atoms with van der Waals surface area (Å²) < 4.78 is 38.0. The minimum atomic E-state index is -3.71. The number of hydrogen-bond donors (Lipinski definition) is 1. The Balaban J connectivity index is 1.73. The molecule has 1 saturated heterocycles. The van der Waals surface area contributed by atoms with E-state index in [1.54, 1.807) is 18.3 Å². The molecule has 0 radical (unpaired) electrons. The van der Waals surface area contributed by atoms with E-state index in [2.05, 4.69) is 19.6 Å². The molecule has 0 bridgehead atoms. The SMILES string of the molecule is COc1ccc(S(=O)(=O)NCc2ccnc(N3CCCC3)n2)cc1OC. The fraction of sp³-hybridized carbons (Fsp3) is 0.412. The highest BCUT2D eigenvalue weighted by molar-refractivity contribution is 7.89. The van der Waals surface area contributed by atoms with Crippen LogP contribution in [-0.4, -0.2) is 45.7 Å². The van der Waals surface area contributed by atoms with Gasteiger partial charge in [0.25, 0.3) is 0 Å². The quantitative estimate of drug-likeness (QED) is 0.782. The molecule has 1 aliphatic rings. The molecule has 2 aromatic rings. The lowest BCUT2D eigenvalue weighted by Gasteiger charge is -2.15. The van der Waals surface area contributed by atoms with Crippen LogP contribution in [0.3, 0.4) is 0 Å². The fourth-order valence-corrected chi connectivity index (χ4v) is 3.80. The Labute approximate surface area is 153 Å². The zero-order valence-electron chi connectivity index (χ0n) is 14.8. The van der Waals surface area contributed by atoms with Gasteiger partial charge in [-0.3, -0.25) is 0 Å². The van der Waals surface area contributed by atoms with Gasteiger partial charge in [0.1, 0.15) is 0 Å². The van der Waals surface area contributed by atoms with E-state index < -0.39 is 10.0 Å². The zero-order valence-corrected chi connectivity index (χ0v) is 15.6. The molecule has 3 rings (SSSR count). The first-order valence-corrected chi connectivity index (χ1v) is 9.80. The third-order valence-electron chi connectivity index (χ3n) is 4.20. The molecule has 0 unspecified atom stereocenters. The molecule has 1 aromatic heterocycles. The Kier molecular flexibility index (Phi) is 5.58. The molecule has 8 nitrogen and oxygen atoms in total. The van der Waals surface area contributed by atoms with Gasteiger partial charge in [-0.05, 0) is 31.0 Å². The molecular formula is C17H22N4O4S. The van der Waals surface area contributed by atoms with E-state index in [1.807, 2.05) is 0 Å². The standard InChI is InChI=1S/C17H22N4O4S/c1-24-15-6-5-14(11-16(15)25-2)26(22,23)19-12-13-7-8-18-17(20-13)21-9-3-4-10-21/h5-8,11,19H,3-4,9-10,12H2,1-2H3. The van der Waals surface area contributed by atoms with Crippen LogP contribution < -0.4 is 19.1 Å². The molecule has 0 atom stereocenters. The number of rotatable bonds is 7.